The van der Waals surface area contributed by atoms with E-state index in [0.717, 1.165) is 51.4 Å². The lowest BCUT2D eigenvalue weighted by atomic mass is 9.33. The average molecular weight is 751 g/mol. The van der Waals surface area contributed by atoms with Crippen molar-refractivity contribution >= 4 is 5.97 Å². The van der Waals surface area contributed by atoms with E-state index in [4.69, 9.17) is 18.9 Å². The summed E-state index contributed by atoms with van der Waals surface area (Å²) in [6.45, 7) is 15.6. The summed E-state index contributed by atoms with van der Waals surface area (Å²) in [5, 5.41) is 73.6. The van der Waals surface area contributed by atoms with Gasteiger partial charge in [-0.1, -0.05) is 60.1 Å². The van der Waals surface area contributed by atoms with Gasteiger partial charge in [0.1, 0.15) is 42.7 Å². The van der Waals surface area contributed by atoms with Crippen LogP contribution in [-0.2, 0) is 23.7 Å². The molecule has 19 atom stereocenters. The molecule has 53 heavy (non-hydrogen) atoms. The Labute approximate surface area is 314 Å². The molecule has 0 amide bonds. The van der Waals surface area contributed by atoms with Crippen LogP contribution in [0, 0.1) is 56.7 Å². The van der Waals surface area contributed by atoms with Crippen LogP contribution in [0.2, 0.25) is 0 Å². The maximum Gasteiger partial charge on any atom is 0.310 e. The molecule has 0 spiro atoms. The smallest absolute Gasteiger partial charge is 0.310 e. The van der Waals surface area contributed by atoms with Crippen molar-refractivity contribution in [3.8, 4) is 0 Å². The third-order valence-electron chi connectivity index (χ3n) is 17.2. The number of carbonyl (C=O) groups is 1. The van der Waals surface area contributed by atoms with Crippen LogP contribution < -0.4 is 0 Å². The van der Waals surface area contributed by atoms with Crippen LogP contribution in [0.3, 0.4) is 0 Å². The Balaban J connectivity index is 1.15. The first-order valence-corrected chi connectivity index (χ1v) is 20.3. The molecular formula is C41H66O12. The van der Waals surface area contributed by atoms with Crippen molar-refractivity contribution in [2.75, 3.05) is 13.2 Å². The van der Waals surface area contributed by atoms with Crippen molar-refractivity contribution in [3.05, 3.63) is 11.6 Å². The fourth-order valence-corrected chi connectivity index (χ4v) is 13.6. The van der Waals surface area contributed by atoms with Crippen molar-refractivity contribution in [3.63, 3.8) is 0 Å². The third kappa shape index (κ3) is 5.77. The molecule has 2 heterocycles. The highest BCUT2D eigenvalue weighted by molar-refractivity contribution is 5.76. The number of rotatable bonds is 6. The fraction of sp³-hybridized carbons (Fsp3) is 0.927. The van der Waals surface area contributed by atoms with Crippen molar-refractivity contribution < 1.29 is 59.5 Å². The molecule has 2 aliphatic heterocycles. The summed E-state index contributed by atoms with van der Waals surface area (Å²) in [5.41, 5.74) is 0.248. The molecule has 0 aromatic rings. The molecule has 0 radical (unpaired) electrons. The molecule has 0 aromatic heterocycles. The summed E-state index contributed by atoms with van der Waals surface area (Å²) in [6, 6.07) is 0. The van der Waals surface area contributed by atoms with E-state index in [1.165, 1.54) is 5.57 Å². The van der Waals surface area contributed by atoms with Crippen LogP contribution >= 0.6 is 0 Å². The van der Waals surface area contributed by atoms with Gasteiger partial charge in [0.15, 0.2) is 12.6 Å². The molecule has 0 aromatic carbocycles. The highest BCUT2D eigenvalue weighted by Crippen LogP contribution is 2.76. The lowest BCUT2D eigenvalue weighted by Crippen LogP contribution is -2.66. The monoisotopic (exact) mass is 750 g/mol. The molecule has 4 unspecified atom stereocenters. The molecule has 302 valence electrons. The summed E-state index contributed by atoms with van der Waals surface area (Å²) < 4.78 is 24.3. The van der Waals surface area contributed by atoms with Gasteiger partial charge in [-0.2, -0.15) is 0 Å². The van der Waals surface area contributed by atoms with Gasteiger partial charge < -0.3 is 54.7 Å². The van der Waals surface area contributed by atoms with Crippen LogP contribution in [0.1, 0.15) is 106 Å². The summed E-state index contributed by atoms with van der Waals surface area (Å²) in [4.78, 5) is 13.1. The number of aliphatic hydroxyl groups excluding tert-OH is 6. The number of ether oxygens (including phenoxy) is 4. The van der Waals surface area contributed by atoms with E-state index in [-0.39, 0.29) is 46.2 Å². The number of aliphatic carboxylic acids is 1. The van der Waals surface area contributed by atoms with E-state index < -0.39 is 73.3 Å². The van der Waals surface area contributed by atoms with Gasteiger partial charge in [0.05, 0.1) is 24.7 Å². The second-order valence-corrected chi connectivity index (χ2v) is 19.7. The van der Waals surface area contributed by atoms with Gasteiger partial charge in [-0.3, -0.25) is 4.79 Å². The van der Waals surface area contributed by atoms with Crippen LogP contribution in [0.25, 0.3) is 0 Å². The Kier molecular flexibility index (Phi) is 10.4. The quantitative estimate of drug-likeness (QED) is 0.155. The normalized spacial score (nSPS) is 55.1. The maximum atomic E-state index is 13.1. The van der Waals surface area contributed by atoms with Gasteiger partial charge in [0, 0.05) is 0 Å². The Bertz CT molecular complexity index is 1420. The molecule has 2 saturated heterocycles. The van der Waals surface area contributed by atoms with Gasteiger partial charge in [-0.05, 0) is 109 Å². The maximum absolute atomic E-state index is 13.1. The van der Waals surface area contributed by atoms with Crippen LogP contribution in [0.15, 0.2) is 11.6 Å². The third-order valence-corrected chi connectivity index (χ3v) is 17.2. The predicted molar refractivity (Wildman–Crippen MR) is 192 cm³/mol. The van der Waals surface area contributed by atoms with E-state index in [9.17, 15) is 40.5 Å². The van der Waals surface area contributed by atoms with Crippen LogP contribution in [0.5, 0.6) is 0 Å². The van der Waals surface area contributed by atoms with E-state index >= 15 is 0 Å². The predicted octanol–water partition coefficient (Wildman–Crippen LogP) is 3.38. The van der Waals surface area contributed by atoms with Crippen LogP contribution in [0.4, 0.5) is 0 Å². The zero-order chi connectivity index (χ0) is 38.6. The molecular weight excluding hydrogens is 684 g/mol. The Hall–Kier alpha value is -1.19. The minimum absolute atomic E-state index is 0.00381. The number of carboxylic acid groups (broad SMARTS) is 1. The molecule has 4 saturated carbocycles. The van der Waals surface area contributed by atoms with Crippen LogP contribution in [-0.4, -0.2) is 116 Å². The van der Waals surface area contributed by atoms with Crippen molar-refractivity contribution in [2.45, 2.75) is 168 Å². The largest absolute Gasteiger partial charge is 0.481 e. The number of fused-ring (bicyclic) bond motifs is 7. The van der Waals surface area contributed by atoms with Gasteiger partial charge in [0.2, 0.25) is 0 Å². The molecule has 7 rings (SSSR count). The molecule has 12 nitrogen and oxygen atoms in total. The highest BCUT2D eigenvalue weighted by atomic mass is 16.8. The number of allylic oxidation sites excluding steroid dienone is 2. The SMILES string of the molecule is C[C@@H]1CC[C@]2(C(=O)O)CC[C@]3(C)C(=CCC4[C@@]5(C)CCC(O[C@@H]6O[C@H](CO)[C@@H](O)[C@H](O)[C@H]6O[C@@H]6OC[C@H](O)[C@H](O)[C@H]6O)C(C)(C)C5CC[C@]43C)C2[C@H]1C. The molecule has 5 aliphatic carbocycles. The van der Waals surface area contributed by atoms with Gasteiger partial charge >= 0.3 is 5.97 Å². The first-order chi connectivity index (χ1) is 24.8. The van der Waals surface area contributed by atoms with E-state index in [1.807, 2.05) is 0 Å². The standard InChI is InChI=1S/C41H66O12/c1-20-10-15-41(36(48)49)17-16-39(6)22(28(41)21(20)2)8-9-26-38(5)13-12-27(37(3,4)25(38)11-14-40(26,39)7)52-35-33(31(46)30(45)24(18-42)51-35)53-34-32(47)29(44)23(43)19-50-34/h8,20-21,23-35,42-47H,9-19H2,1-7H3,(H,48,49)/t20-,21+,23+,24-,25?,26?,27?,28?,29+,30-,31+,32-,33-,34+,35+,38+,39-,40-,41+/m1/s1. The van der Waals surface area contributed by atoms with Crippen molar-refractivity contribution in [1.82, 2.24) is 0 Å². The summed E-state index contributed by atoms with van der Waals surface area (Å²) >= 11 is 0. The summed E-state index contributed by atoms with van der Waals surface area (Å²) in [7, 11) is 0. The lowest BCUT2D eigenvalue weighted by Gasteiger charge is -2.71. The molecule has 6 fully saturated rings. The van der Waals surface area contributed by atoms with E-state index in [0.29, 0.717) is 24.2 Å². The number of aliphatic hydroxyl groups is 6. The molecule has 7 N–H and O–H groups in total. The molecule has 7 aliphatic rings. The average Bonchev–Trinajstić information content (AvgIpc) is 3.10. The Morgan fingerprint density at radius 2 is 1.55 bits per heavy atom. The topological polar surface area (TPSA) is 196 Å². The molecule has 0 bridgehead atoms. The molecule has 12 heteroatoms. The summed E-state index contributed by atoms with van der Waals surface area (Å²) in [5.74, 6) is 0.901. The van der Waals surface area contributed by atoms with Crippen molar-refractivity contribution in [1.29, 1.82) is 0 Å². The minimum atomic E-state index is -1.62. The zero-order valence-electron chi connectivity index (χ0n) is 32.7. The van der Waals surface area contributed by atoms with Crippen molar-refractivity contribution in [2.24, 2.45) is 56.7 Å². The summed E-state index contributed by atoms with van der Waals surface area (Å²) in [6.07, 6.45) is -2.66. The second-order valence-electron chi connectivity index (χ2n) is 19.7. The van der Waals surface area contributed by atoms with E-state index in [1.54, 1.807) is 0 Å². The first-order valence-electron chi connectivity index (χ1n) is 20.3. The Morgan fingerprint density at radius 1 is 0.830 bits per heavy atom. The Morgan fingerprint density at radius 3 is 2.23 bits per heavy atom. The van der Waals surface area contributed by atoms with Gasteiger partial charge in [-0.25, -0.2) is 0 Å². The number of hydrogen-bond acceptors (Lipinski definition) is 11. The fourth-order valence-electron chi connectivity index (χ4n) is 13.6. The zero-order valence-corrected chi connectivity index (χ0v) is 32.7. The van der Waals surface area contributed by atoms with E-state index in [2.05, 4.69) is 54.5 Å². The number of carboxylic acids is 1. The minimum Gasteiger partial charge on any atom is -0.481 e. The number of hydrogen-bond donors (Lipinski definition) is 7. The highest BCUT2D eigenvalue weighted by Gasteiger charge is 2.70. The second kappa shape index (κ2) is 13.7. The lowest BCUT2D eigenvalue weighted by molar-refractivity contribution is -0.370. The van der Waals surface area contributed by atoms with Gasteiger partial charge in [0.25, 0.3) is 0 Å². The van der Waals surface area contributed by atoms with Gasteiger partial charge in [-0.15, -0.1) is 0 Å². The first kappa shape index (κ1) is 40.0.